The zero-order chi connectivity index (χ0) is 36.6. The van der Waals surface area contributed by atoms with Crippen molar-refractivity contribution in [3.63, 3.8) is 0 Å². The van der Waals surface area contributed by atoms with Crippen LogP contribution in [-0.2, 0) is 19.4 Å². The van der Waals surface area contributed by atoms with Crippen LogP contribution in [0.1, 0.15) is 107 Å². The molecule has 4 saturated carbocycles. The highest BCUT2D eigenvalue weighted by Gasteiger charge is 2.63. The number of aromatic hydroxyl groups is 1. The minimum atomic E-state index is 0.332. The molecular weight excluding hydrogens is 687 g/mol. The van der Waals surface area contributed by atoms with Gasteiger partial charge in [0, 0.05) is 24.1 Å². The molecule has 0 radical (unpaired) electrons. The summed E-state index contributed by atoms with van der Waals surface area (Å²) >= 11 is 0. The van der Waals surface area contributed by atoms with Crippen LogP contribution < -0.4 is 16.0 Å². The van der Waals surface area contributed by atoms with Gasteiger partial charge in [-0.1, -0.05) is 71.0 Å². The van der Waals surface area contributed by atoms with Crippen LogP contribution in [-0.4, -0.2) is 49.8 Å². The summed E-state index contributed by atoms with van der Waals surface area (Å²) in [5.41, 5.74) is 6.66. The minimum absolute atomic E-state index is 0.332. The smallest absolute Gasteiger partial charge is 0.116 e. The van der Waals surface area contributed by atoms with Gasteiger partial charge in [0.05, 0.1) is 0 Å². The SMILES string of the molecule is CNC[C@@H]1CC[C@]2(C1)C[C@@]1(C[C@H]3[C@@H]4Cc5cc(O)cc(c5)Cc5ccccc5CN[C@@H](C)CSSC[C@@H](C4)C[C@@H]3[C@]3(C=CC[C@H](C)C3)C1)C[C@@H]2CNC. The Morgan fingerprint density at radius 2 is 1.70 bits per heavy atom. The number of fused-ring (bicyclic) bond motifs is 8. The summed E-state index contributed by atoms with van der Waals surface area (Å²) in [7, 11) is 8.62. The summed E-state index contributed by atoms with van der Waals surface area (Å²) < 4.78 is 0. The molecule has 6 aliphatic rings. The van der Waals surface area contributed by atoms with E-state index in [9.17, 15) is 5.11 Å². The molecule has 5 aliphatic carbocycles. The molecule has 8 rings (SSSR count). The van der Waals surface area contributed by atoms with Crippen molar-refractivity contribution in [2.24, 2.45) is 57.7 Å². The monoisotopic (exact) mass is 755 g/mol. The fourth-order valence-electron chi connectivity index (χ4n) is 13.9. The number of benzene rings is 2. The van der Waals surface area contributed by atoms with Crippen LogP contribution >= 0.6 is 21.6 Å². The van der Waals surface area contributed by atoms with Crippen molar-refractivity contribution in [3.8, 4) is 5.75 Å². The van der Waals surface area contributed by atoms with Crippen molar-refractivity contribution >= 4 is 21.6 Å². The molecule has 0 aromatic heterocycles. The summed E-state index contributed by atoms with van der Waals surface area (Å²) in [6.07, 6.45) is 22.9. The molecule has 290 valence electrons. The minimum Gasteiger partial charge on any atom is -0.508 e. The third-order valence-electron chi connectivity index (χ3n) is 15.5. The van der Waals surface area contributed by atoms with Crippen molar-refractivity contribution in [1.29, 1.82) is 0 Å². The lowest BCUT2D eigenvalue weighted by Crippen LogP contribution is -2.52. The average molecular weight is 756 g/mol. The van der Waals surface area contributed by atoms with E-state index < -0.39 is 0 Å². The molecule has 0 unspecified atom stereocenters. The first-order valence-corrected chi connectivity index (χ1v) is 24.0. The van der Waals surface area contributed by atoms with Gasteiger partial charge in [0.1, 0.15) is 5.75 Å². The van der Waals surface area contributed by atoms with Gasteiger partial charge in [0.15, 0.2) is 0 Å². The Kier molecular flexibility index (Phi) is 11.7. The maximum Gasteiger partial charge on any atom is 0.116 e. The van der Waals surface area contributed by atoms with Crippen molar-refractivity contribution in [2.75, 3.05) is 38.7 Å². The Morgan fingerprint density at radius 3 is 2.53 bits per heavy atom. The maximum absolute atomic E-state index is 11.2. The second kappa shape index (κ2) is 16.2. The number of phenols is 1. The topological polar surface area (TPSA) is 56.3 Å². The second-order valence-corrected chi connectivity index (χ2v) is 22.2. The summed E-state index contributed by atoms with van der Waals surface area (Å²) in [5, 5.41) is 22.3. The van der Waals surface area contributed by atoms with E-state index in [-0.39, 0.29) is 0 Å². The van der Waals surface area contributed by atoms with E-state index in [0.717, 1.165) is 60.6 Å². The van der Waals surface area contributed by atoms with E-state index in [1.54, 1.807) is 0 Å². The van der Waals surface area contributed by atoms with Gasteiger partial charge in [-0.3, -0.25) is 0 Å². The average Bonchev–Trinajstić information content (AvgIpc) is 3.65. The molecule has 1 aliphatic heterocycles. The van der Waals surface area contributed by atoms with Gasteiger partial charge in [0.2, 0.25) is 0 Å². The third kappa shape index (κ3) is 8.20. The van der Waals surface area contributed by atoms with E-state index in [4.69, 9.17) is 0 Å². The van der Waals surface area contributed by atoms with Crippen molar-refractivity contribution in [1.82, 2.24) is 16.0 Å². The van der Waals surface area contributed by atoms with Gasteiger partial charge >= 0.3 is 0 Å². The van der Waals surface area contributed by atoms with Crippen LogP contribution in [0.4, 0.5) is 0 Å². The molecule has 4 nitrogen and oxygen atoms in total. The van der Waals surface area contributed by atoms with Crippen molar-refractivity contribution in [3.05, 3.63) is 76.9 Å². The lowest BCUT2D eigenvalue weighted by Gasteiger charge is -2.61. The lowest BCUT2D eigenvalue weighted by molar-refractivity contribution is -0.0844. The van der Waals surface area contributed by atoms with Crippen LogP contribution in [0.2, 0.25) is 0 Å². The highest BCUT2D eigenvalue weighted by Crippen LogP contribution is 2.72. The molecule has 3 spiro atoms. The molecule has 11 atom stereocenters. The number of nitrogens with one attached hydrogen (secondary N) is 3. The van der Waals surface area contributed by atoms with Crippen molar-refractivity contribution in [2.45, 2.75) is 110 Å². The van der Waals surface area contributed by atoms with Crippen LogP contribution in [0.25, 0.3) is 0 Å². The molecule has 1 heterocycles. The Hall–Kier alpha value is -1.44. The van der Waals surface area contributed by atoms with Crippen molar-refractivity contribution < 1.29 is 5.11 Å². The molecule has 4 bridgehead atoms. The van der Waals surface area contributed by atoms with Crippen LogP contribution in [0.3, 0.4) is 0 Å². The van der Waals surface area contributed by atoms with Crippen LogP contribution in [0, 0.1) is 57.7 Å². The predicted molar refractivity (Wildman–Crippen MR) is 227 cm³/mol. The number of hydrogen-bond donors (Lipinski definition) is 4. The molecule has 53 heavy (non-hydrogen) atoms. The van der Waals surface area contributed by atoms with Gasteiger partial charge < -0.3 is 21.1 Å². The van der Waals surface area contributed by atoms with E-state index >= 15 is 0 Å². The largest absolute Gasteiger partial charge is 0.508 e. The Labute approximate surface area is 330 Å². The summed E-state index contributed by atoms with van der Waals surface area (Å²) in [6, 6.07) is 16.0. The molecular formula is C47H69N3OS2. The van der Waals surface area contributed by atoms with E-state index in [1.165, 1.54) is 112 Å². The quantitative estimate of drug-likeness (QED) is 0.184. The van der Waals surface area contributed by atoms with Gasteiger partial charge in [-0.15, -0.1) is 0 Å². The zero-order valence-corrected chi connectivity index (χ0v) is 34.9. The fraction of sp³-hybridized carbons (Fsp3) is 0.702. The Bertz CT molecular complexity index is 1600. The zero-order valence-electron chi connectivity index (χ0n) is 33.3. The molecule has 0 amide bonds. The number of rotatable bonds is 4. The molecule has 2 aromatic rings. The van der Waals surface area contributed by atoms with Crippen LogP contribution in [0.15, 0.2) is 54.6 Å². The van der Waals surface area contributed by atoms with Gasteiger partial charge in [-0.25, -0.2) is 0 Å². The summed E-state index contributed by atoms with van der Waals surface area (Å²) in [6.45, 7) is 8.17. The highest BCUT2D eigenvalue weighted by atomic mass is 33.1. The molecule has 4 N–H and O–H groups in total. The van der Waals surface area contributed by atoms with Gasteiger partial charge in [0.25, 0.3) is 0 Å². The Morgan fingerprint density at radius 1 is 0.887 bits per heavy atom. The fourth-order valence-corrected chi connectivity index (χ4v) is 16.6. The predicted octanol–water partition coefficient (Wildman–Crippen LogP) is 10.0. The number of allylic oxidation sites excluding steroid dienone is 2. The molecule has 0 saturated heterocycles. The second-order valence-electron chi connectivity index (χ2n) is 19.6. The third-order valence-corrected chi connectivity index (χ3v) is 18.3. The van der Waals surface area contributed by atoms with Gasteiger partial charge in [-0.05, 0) is 210 Å². The summed E-state index contributed by atoms with van der Waals surface area (Å²) in [4.78, 5) is 0. The van der Waals surface area contributed by atoms with Gasteiger partial charge in [-0.2, -0.15) is 0 Å². The van der Waals surface area contributed by atoms with E-state index in [1.807, 2.05) is 6.07 Å². The first kappa shape index (κ1) is 38.4. The first-order valence-electron chi connectivity index (χ1n) is 21.5. The van der Waals surface area contributed by atoms with E-state index in [0.29, 0.717) is 34.0 Å². The Balaban J connectivity index is 1.16. The molecule has 6 heteroatoms. The summed E-state index contributed by atoms with van der Waals surface area (Å²) in [5.74, 6) is 8.22. The lowest BCUT2D eigenvalue weighted by atomic mass is 9.44. The normalized spacial score (nSPS) is 40.3. The first-order chi connectivity index (χ1) is 25.7. The van der Waals surface area contributed by atoms with E-state index in [2.05, 4.69) is 114 Å². The highest BCUT2D eigenvalue weighted by molar-refractivity contribution is 8.76. The maximum atomic E-state index is 11.2. The number of hydrogen-bond acceptors (Lipinski definition) is 6. The molecule has 4 fully saturated rings. The molecule has 2 aromatic carbocycles. The standard InChI is InChI=1S/C47H69N3OS2/c1-32-8-7-12-47(21-32)31-45(23-41(27-49-4)46(30-45)13-11-34(22-46)25-48-3)24-43-40-16-36-14-35(18-42(51)19-36)15-38-9-5-6-10-39(38)26-50-33(2)28-52-53-29-37(17-40)20-44(43)47/h5-7,9-10,12,14,18-19,32-34,37,40-41,43-44,48-51H,8,11,13,15-17,20-31H2,1-4H3/t32-,33-,34+,37-,40+,41+,43-,44-,45-,46-,47-/m0/s1. The van der Waals surface area contributed by atoms with Crippen LogP contribution in [0.5, 0.6) is 5.75 Å². The number of phenolic OH excluding ortho intramolecular Hbond substituents is 1.